The second kappa shape index (κ2) is 8.29. The number of thioether (sulfide) groups is 1. The standard InChI is InChI=1S/C18H23N3O3S/c1-14-11-15(19-24-14)12-25-13-18(22)21-9-7-20(8-10-21)16-3-5-17(23-2)6-4-16/h3-6,11H,7-10,12-13H2,1-2H3. The van der Waals surface area contributed by atoms with Gasteiger partial charge in [0.05, 0.1) is 18.6 Å². The highest BCUT2D eigenvalue weighted by molar-refractivity contribution is 7.99. The van der Waals surface area contributed by atoms with Gasteiger partial charge in [-0.1, -0.05) is 5.16 Å². The van der Waals surface area contributed by atoms with Crippen molar-refractivity contribution < 1.29 is 14.1 Å². The van der Waals surface area contributed by atoms with Crippen LogP contribution in [0.1, 0.15) is 11.5 Å². The van der Waals surface area contributed by atoms with Crippen LogP contribution in [0, 0.1) is 6.92 Å². The molecule has 134 valence electrons. The van der Waals surface area contributed by atoms with Crippen LogP contribution in [0.15, 0.2) is 34.9 Å². The van der Waals surface area contributed by atoms with Gasteiger partial charge in [-0.3, -0.25) is 4.79 Å². The Hall–Kier alpha value is -2.15. The lowest BCUT2D eigenvalue weighted by Crippen LogP contribution is -2.49. The molecule has 1 saturated heterocycles. The van der Waals surface area contributed by atoms with E-state index >= 15 is 0 Å². The van der Waals surface area contributed by atoms with Crippen LogP contribution in [-0.4, -0.2) is 55.0 Å². The molecule has 25 heavy (non-hydrogen) atoms. The summed E-state index contributed by atoms with van der Waals surface area (Å²) in [5.41, 5.74) is 2.06. The first-order chi connectivity index (χ1) is 12.2. The van der Waals surface area contributed by atoms with E-state index in [0.29, 0.717) is 11.5 Å². The fourth-order valence-corrected chi connectivity index (χ4v) is 3.63. The first-order valence-corrected chi connectivity index (χ1v) is 9.48. The lowest BCUT2D eigenvalue weighted by molar-refractivity contribution is -0.128. The minimum atomic E-state index is 0.194. The Bertz CT molecular complexity index is 694. The Morgan fingerprint density at radius 1 is 1.24 bits per heavy atom. The molecule has 0 aliphatic carbocycles. The number of hydrogen-bond acceptors (Lipinski definition) is 6. The number of aromatic nitrogens is 1. The summed E-state index contributed by atoms with van der Waals surface area (Å²) in [6, 6.07) is 9.97. The molecule has 1 aliphatic heterocycles. The fourth-order valence-electron chi connectivity index (χ4n) is 2.83. The van der Waals surface area contributed by atoms with E-state index in [2.05, 4.69) is 22.2 Å². The van der Waals surface area contributed by atoms with Crippen LogP contribution < -0.4 is 9.64 Å². The van der Waals surface area contributed by atoms with E-state index < -0.39 is 0 Å². The molecule has 0 N–H and O–H groups in total. The van der Waals surface area contributed by atoms with Crippen molar-refractivity contribution in [2.75, 3.05) is 43.9 Å². The van der Waals surface area contributed by atoms with Gasteiger partial charge < -0.3 is 19.1 Å². The second-order valence-electron chi connectivity index (χ2n) is 5.99. The smallest absolute Gasteiger partial charge is 0.232 e. The molecule has 0 spiro atoms. The molecule has 1 aromatic heterocycles. The molecule has 1 amide bonds. The third-order valence-corrected chi connectivity index (χ3v) is 5.17. The number of piperazine rings is 1. The SMILES string of the molecule is COc1ccc(N2CCN(C(=O)CSCc3cc(C)on3)CC2)cc1. The number of nitrogens with zero attached hydrogens (tertiary/aromatic N) is 3. The predicted molar refractivity (Wildman–Crippen MR) is 99.2 cm³/mol. The van der Waals surface area contributed by atoms with E-state index in [-0.39, 0.29) is 5.91 Å². The van der Waals surface area contributed by atoms with E-state index in [9.17, 15) is 4.79 Å². The van der Waals surface area contributed by atoms with Crippen LogP contribution >= 0.6 is 11.8 Å². The molecular weight excluding hydrogens is 338 g/mol. The monoisotopic (exact) mass is 361 g/mol. The van der Waals surface area contributed by atoms with Crippen molar-refractivity contribution >= 4 is 23.4 Å². The van der Waals surface area contributed by atoms with Crippen LogP contribution in [0.4, 0.5) is 5.69 Å². The highest BCUT2D eigenvalue weighted by Gasteiger charge is 2.21. The second-order valence-corrected chi connectivity index (χ2v) is 6.97. The van der Waals surface area contributed by atoms with E-state index in [1.165, 1.54) is 5.69 Å². The zero-order chi connectivity index (χ0) is 17.6. The summed E-state index contributed by atoms with van der Waals surface area (Å²) in [6.45, 7) is 5.09. The maximum atomic E-state index is 12.3. The van der Waals surface area contributed by atoms with Crippen molar-refractivity contribution in [1.82, 2.24) is 10.1 Å². The van der Waals surface area contributed by atoms with E-state index in [0.717, 1.165) is 43.4 Å². The normalized spacial score (nSPS) is 14.6. The lowest BCUT2D eigenvalue weighted by Gasteiger charge is -2.36. The molecule has 1 aromatic carbocycles. The first-order valence-electron chi connectivity index (χ1n) is 8.32. The Labute approximate surface area is 152 Å². The number of carbonyl (C=O) groups excluding carboxylic acids is 1. The van der Waals surface area contributed by atoms with Crippen LogP contribution in [0.2, 0.25) is 0 Å². The highest BCUT2D eigenvalue weighted by atomic mass is 32.2. The van der Waals surface area contributed by atoms with Gasteiger partial charge in [-0.15, -0.1) is 11.8 Å². The summed E-state index contributed by atoms with van der Waals surface area (Å²) in [5, 5.41) is 3.94. The molecule has 2 aromatic rings. The van der Waals surface area contributed by atoms with Gasteiger partial charge in [-0.25, -0.2) is 0 Å². The van der Waals surface area contributed by atoms with Gasteiger partial charge >= 0.3 is 0 Å². The zero-order valence-electron chi connectivity index (χ0n) is 14.6. The van der Waals surface area contributed by atoms with Crippen LogP contribution in [0.3, 0.4) is 0 Å². The van der Waals surface area contributed by atoms with Gasteiger partial charge in [0.15, 0.2) is 0 Å². The molecule has 7 heteroatoms. The first kappa shape index (κ1) is 17.7. The predicted octanol–water partition coefficient (Wildman–Crippen LogP) is 2.57. The Balaban J connectivity index is 1.42. The maximum absolute atomic E-state index is 12.3. The molecule has 0 atom stereocenters. The number of aryl methyl sites for hydroxylation is 1. The van der Waals surface area contributed by atoms with Crippen molar-refractivity contribution in [3.8, 4) is 5.75 Å². The van der Waals surface area contributed by atoms with Crippen LogP contribution in [-0.2, 0) is 10.5 Å². The Morgan fingerprint density at radius 3 is 2.56 bits per heavy atom. The molecule has 6 nitrogen and oxygen atoms in total. The molecule has 3 rings (SSSR count). The number of amides is 1. The summed E-state index contributed by atoms with van der Waals surface area (Å²) in [4.78, 5) is 16.6. The number of anilines is 1. The molecular formula is C18H23N3O3S. The minimum absolute atomic E-state index is 0.194. The van der Waals surface area contributed by atoms with E-state index in [1.807, 2.05) is 30.0 Å². The quantitative estimate of drug-likeness (QED) is 0.788. The van der Waals surface area contributed by atoms with Crippen molar-refractivity contribution in [1.29, 1.82) is 0 Å². The molecule has 1 aliphatic rings. The molecule has 2 heterocycles. The van der Waals surface area contributed by atoms with Crippen LogP contribution in [0.5, 0.6) is 5.75 Å². The molecule has 1 fully saturated rings. The van der Waals surface area contributed by atoms with Crippen molar-refractivity contribution in [3.63, 3.8) is 0 Å². The number of benzene rings is 1. The average molecular weight is 361 g/mol. The van der Waals surface area contributed by atoms with Gasteiger partial charge in [0.25, 0.3) is 0 Å². The molecule has 0 unspecified atom stereocenters. The number of carbonyl (C=O) groups is 1. The molecule has 0 radical (unpaired) electrons. The fraction of sp³-hybridized carbons (Fsp3) is 0.444. The van der Waals surface area contributed by atoms with Crippen molar-refractivity contribution in [3.05, 3.63) is 41.8 Å². The number of rotatable bonds is 6. The lowest BCUT2D eigenvalue weighted by atomic mass is 10.2. The van der Waals surface area contributed by atoms with Gasteiger partial charge in [-0.05, 0) is 31.2 Å². The Kier molecular flexibility index (Phi) is 5.86. The Morgan fingerprint density at radius 2 is 1.96 bits per heavy atom. The number of hydrogen-bond donors (Lipinski definition) is 0. The highest BCUT2D eigenvalue weighted by Crippen LogP contribution is 2.21. The van der Waals surface area contributed by atoms with Crippen molar-refractivity contribution in [2.45, 2.75) is 12.7 Å². The zero-order valence-corrected chi connectivity index (χ0v) is 15.4. The van der Waals surface area contributed by atoms with Crippen LogP contribution in [0.25, 0.3) is 0 Å². The van der Waals surface area contributed by atoms with Gasteiger partial charge in [0, 0.05) is 43.7 Å². The maximum Gasteiger partial charge on any atom is 0.232 e. The molecule has 0 bridgehead atoms. The largest absolute Gasteiger partial charge is 0.497 e. The summed E-state index contributed by atoms with van der Waals surface area (Å²) in [6.07, 6.45) is 0. The van der Waals surface area contributed by atoms with E-state index in [1.54, 1.807) is 18.9 Å². The average Bonchev–Trinajstić information content (AvgIpc) is 3.07. The minimum Gasteiger partial charge on any atom is -0.497 e. The summed E-state index contributed by atoms with van der Waals surface area (Å²) >= 11 is 1.58. The van der Waals surface area contributed by atoms with Crippen molar-refractivity contribution in [2.24, 2.45) is 0 Å². The summed E-state index contributed by atoms with van der Waals surface area (Å²) in [5.74, 6) is 3.04. The number of methoxy groups -OCH3 is 1. The van der Waals surface area contributed by atoms with E-state index in [4.69, 9.17) is 9.26 Å². The van der Waals surface area contributed by atoms with Gasteiger partial charge in [-0.2, -0.15) is 0 Å². The number of ether oxygens (including phenoxy) is 1. The third-order valence-electron chi connectivity index (χ3n) is 4.22. The topological polar surface area (TPSA) is 58.8 Å². The summed E-state index contributed by atoms with van der Waals surface area (Å²) in [7, 11) is 1.67. The summed E-state index contributed by atoms with van der Waals surface area (Å²) < 4.78 is 10.2. The third kappa shape index (κ3) is 4.69. The van der Waals surface area contributed by atoms with Gasteiger partial charge in [0.2, 0.25) is 5.91 Å². The molecule has 0 saturated carbocycles. The van der Waals surface area contributed by atoms with Gasteiger partial charge in [0.1, 0.15) is 11.5 Å².